The number of para-hydroxylation sites is 1. The number of amides is 2. The second kappa shape index (κ2) is 7.06. The van der Waals surface area contributed by atoms with Crippen LogP contribution in [0.1, 0.15) is 37.7 Å². The van der Waals surface area contributed by atoms with Gasteiger partial charge in [0.05, 0.1) is 0 Å². The number of hydrogen-bond acceptors (Lipinski definition) is 3. The molecule has 0 fully saturated rings. The number of carboxylic acids is 1. The molecule has 1 aromatic carbocycles. The van der Waals surface area contributed by atoms with E-state index < -0.39 is 11.9 Å². The summed E-state index contributed by atoms with van der Waals surface area (Å²) < 4.78 is 0. The molecule has 1 heterocycles. The van der Waals surface area contributed by atoms with Crippen molar-refractivity contribution in [1.82, 2.24) is 5.32 Å². The van der Waals surface area contributed by atoms with Gasteiger partial charge in [0, 0.05) is 31.6 Å². The molecule has 0 aliphatic carbocycles. The zero-order valence-electron chi connectivity index (χ0n) is 12.5. The molecule has 22 heavy (non-hydrogen) atoms. The molecule has 0 saturated carbocycles. The lowest BCUT2D eigenvalue weighted by molar-refractivity contribution is -0.138. The Balaban J connectivity index is 1.99. The molecule has 0 spiro atoms. The molecule has 1 atom stereocenters. The predicted octanol–water partition coefficient (Wildman–Crippen LogP) is 1.51. The Bertz CT molecular complexity index is 585. The van der Waals surface area contributed by atoms with Crippen LogP contribution in [0.2, 0.25) is 0 Å². The number of carbonyl (C=O) groups is 3. The zero-order chi connectivity index (χ0) is 16.1. The fraction of sp³-hybridized carbons (Fsp3) is 0.438. The first-order valence-corrected chi connectivity index (χ1v) is 7.43. The molecule has 2 N–H and O–H groups in total. The number of hydrogen-bond donors (Lipinski definition) is 2. The summed E-state index contributed by atoms with van der Waals surface area (Å²) >= 11 is 0. The van der Waals surface area contributed by atoms with E-state index in [9.17, 15) is 19.5 Å². The van der Waals surface area contributed by atoms with Crippen LogP contribution in [0.3, 0.4) is 0 Å². The van der Waals surface area contributed by atoms with Crippen molar-refractivity contribution in [3.63, 3.8) is 0 Å². The van der Waals surface area contributed by atoms with Gasteiger partial charge in [-0.15, -0.1) is 0 Å². The number of nitrogens with one attached hydrogen (secondary N) is 1. The molecule has 1 aliphatic rings. The topological polar surface area (TPSA) is 86.7 Å². The second-order valence-electron chi connectivity index (χ2n) is 5.26. The molecule has 1 unspecified atom stereocenters. The molecule has 1 aromatic rings. The summed E-state index contributed by atoms with van der Waals surface area (Å²) in [5.74, 6) is -1.81. The molecule has 2 amide bonds. The first-order chi connectivity index (χ1) is 10.5. The van der Waals surface area contributed by atoms with E-state index in [1.807, 2.05) is 6.92 Å². The molecule has 2 rings (SSSR count). The van der Waals surface area contributed by atoms with Crippen molar-refractivity contribution < 1.29 is 19.5 Å². The summed E-state index contributed by atoms with van der Waals surface area (Å²) in [4.78, 5) is 36.5. The zero-order valence-corrected chi connectivity index (χ0v) is 12.5. The molecular weight excluding hydrogens is 284 g/mol. The predicted molar refractivity (Wildman–Crippen MR) is 81.7 cm³/mol. The van der Waals surface area contributed by atoms with E-state index in [4.69, 9.17) is 0 Å². The minimum atomic E-state index is -0.926. The van der Waals surface area contributed by atoms with E-state index in [-0.39, 0.29) is 24.8 Å². The van der Waals surface area contributed by atoms with Crippen LogP contribution >= 0.6 is 0 Å². The highest BCUT2D eigenvalue weighted by Crippen LogP contribution is 2.36. The molecule has 0 radical (unpaired) electrons. The van der Waals surface area contributed by atoms with Gasteiger partial charge in [0.15, 0.2) is 0 Å². The van der Waals surface area contributed by atoms with Crippen LogP contribution in [0.25, 0.3) is 0 Å². The Labute approximate surface area is 129 Å². The Morgan fingerprint density at radius 3 is 2.68 bits per heavy atom. The highest BCUT2D eigenvalue weighted by atomic mass is 16.4. The van der Waals surface area contributed by atoms with Crippen molar-refractivity contribution in [2.75, 3.05) is 18.0 Å². The maximum atomic E-state index is 12.3. The smallest absolute Gasteiger partial charge is 0.312 e. The Morgan fingerprint density at radius 2 is 2.00 bits per heavy atom. The third kappa shape index (κ3) is 3.44. The van der Waals surface area contributed by atoms with Gasteiger partial charge in [-0.3, -0.25) is 14.4 Å². The van der Waals surface area contributed by atoms with Crippen molar-refractivity contribution >= 4 is 23.5 Å². The number of benzene rings is 1. The first kappa shape index (κ1) is 16.0. The second-order valence-corrected chi connectivity index (χ2v) is 5.26. The van der Waals surface area contributed by atoms with Gasteiger partial charge in [-0.1, -0.05) is 18.2 Å². The lowest BCUT2D eigenvalue weighted by Gasteiger charge is -2.17. The number of aliphatic carboxylic acids is 1. The average molecular weight is 304 g/mol. The molecule has 0 aromatic heterocycles. The fourth-order valence-electron chi connectivity index (χ4n) is 2.68. The Morgan fingerprint density at radius 1 is 1.27 bits per heavy atom. The molecular formula is C16H20N2O4. The van der Waals surface area contributed by atoms with Gasteiger partial charge in [0.1, 0.15) is 5.92 Å². The van der Waals surface area contributed by atoms with Crippen LogP contribution in [0.5, 0.6) is 0 Å². The van der Waals surface area contributed by atoms with Crippen molar-refractivity contribution in [2.45, 2.75) is 32.1 Å². The highest BCUT2D eigenvalue weighted by Gasteiger charge is 2.35. The van der Waals surface area contributed by atoms with Gasteiger partial charge in [0.25, 0.3) is 0 Å². The molecule has 118 valence electrons. The Kier molecular flexibility index (Phi) is 5.14. The Hall–Kier alpha value is -2.37. The van der Waals surface area contributed by atoms with Crippen molar-refractivity contribution in [1.29, 1.82) is 0 Å². The quantitative estimate of drug-likeness (QED) is 0.834. The van der Waals surface area contributed by atoms with Crippen LogP contribution < -0.4 is 10.2 Å². The molecule has 6 heteroatoms. The third-order valence-corrected chi connectivity index (χ3v) is 3.74. The summed E-state index contributed by atoms with van der Waals surface area (Å²) in [6.45, 7) is 2.58. The number of anilines is 1. The van der Waals surface area contributed by atoms with Crippen LogP contribution in [0, 0.1) is 0 Å². The lowest BCUT2D eigenvalue weighted by Crippen LogP contribution is -2.31. The van der Waals surface area contributed by atoms with Gasteiger partial charge < -0.3 is 15.3 Å². The maximum absolute atomic E-state index is 12.3. The standard InChI is InChI=1S/C16H20N2O4/c1-2-17-14(19)8-5-9-15(20)18-10-12(16(21)22)11-6-3-4-7-13(11)18/h3-4,6-7,12H,2,5,8-10H2,1H3,(H,17,19)(H,21,22). The van der Waals surface area contributed by atoms with E-state index in [0.29, 0.717) is 30.6 Å². The van der Waals surface area contributed by atoms with Crippen molar-refractivity contribution in [3.8, 4) is 0 Å². The molecule has 0 bridgehead atoms. The van der Waals surface area contributed by atoms with Gasteiger partial charge in [0.2, 0.25) is 11.8 Å². The van der Waals surface area contributed by atoms with E-state index in [1.165, 1.54) is 4.90 Å². The first-order valence-electron chi connectivity index (χ1n) is 7.43. The maximum Gasteiger partial charge on any atom is 0.312 e. The third-order valence-electron chi connectivity index (χ3n) is 3.74. The normalized spacial score (nSPS) is 16.2. The monoisotopic (exact) mass is 304 g/mol. The summed E-state index contributed by atoms with van der Waals surface area (Å²) in [5, 5.41) is 12.0. The van der Waals surface area contributed by atoms with Gasteiger partial charge in [-0.05, 0) is 25.0 Å². The minimum absolute atomic E-state index is 0.0689. The van der Waals surface area contributed by atoms with Crippen LogP contribution in [0.4, 0.5) is 5.69 Å². The number of rotatable bonds is 6. The molecule has 6 nitrogen and oxygen atoms in total. The SMILES string of the molecule is CCNC(=O)CCCC(=O)N1CC(C(=O)O)c2ccccc21. The fourth-order valence-corrected chi connectivity index (χ4v) is 2.68. The minimum Gasteiger partial charge on any atom is -0.481 e. The van der Waals surface area contributed by atoms with Gasteiger partial charge in [-0.25, -0.2) is 0 Å². The van der Waals surface area contributed by atoms with Crippen molar-refractivity contribution in [3.05, 3.63) is 29.8 Å². The highest BCUT2D eigenvalue weighted by molar-refractivity contribution is 5.99. The number of carbonyl (C=O) groups excluding carboxylic acids is 2. The van der Waals surface area contributed by atoms with E-state index in [0.717, 1.165) is 0 Å². The summed E-state index contributed by atoms with van der Waals surface area (Å²) in [5.41, 5.74) is 1.34. The lowest BCUT2D eigenvalue weighted by atomic mass is 10.0. The summed E-state index contributed by atoms with van der Waals surface area (Å²) in [7, 11) is 0. The van der Waals surface area contributed by atoms with Gasteiger partial charge >= 0.3 is 5.97 Å². The van der Waals surface area contributed by atoms with E-state index >= 15 is 0 Å². The molecule has 1 aliphatic heterocycles. The molecule has 0 saturated heterocycles. The van der Waals surface area contributed by atoms with Crippen LogP contribution in [0.15, 0.2) is 24.3 Å². The van der Waals surface area contributed by atoms with Gasteiger partial charge in [-0.2, -0.15) is 0 Å². The average Bonchev–Trinajstić information content (AvgIpc) is 2.87. The van der Waals surface area contributed by atoms with Crippen LogP contribution in [-0.4, -0.2) is 36.0 Å². The largest absolute Gasteiger partial charge is 0.481 e. The van der Waals surface area contributed by atoms with E-state index in [2.05, 4.69) is 5.32 Å². The number of carboxylic acid groups (broad SMARTS) is 1. The number of fused-ring (bicyclic) bond motifs is 1. The van der Waals surface area contributed by atoms with Crippen LogP contribution in [-0.2, 0) is 14.4 Å². The summed E-state index contributed by atoms with van der Waals surface area (Å²) in [6.07, 6.45) is 0.996. The van der Waals surface area contributed by atoms with E-state index in [1.54, 1.807) is 24.3 Å². The number of nitrogens with zero attached hydrogens (tertiary/aromatic N) is 1. The summed E-state index contributed by atoms with van der Waals surface area (Å²) in [6, 6.07) is 7.08. The van der Waals surface area contributed by atoms with Crippen molar-refractivity contribution in [2.24, 2.45) is 0 Å².